The Morgan fingerprint density at radius 1 is 1.36 bits per heavy atom. The summed E-state index contributed by atoms with van der Waals surface area (Å²) >= 11 is 0. The van der Waals surface area contributed by atoms with E-state index < -0.39 is 0 Å². The smallest absolute Gasteiger partial charge is 0.112 e. The summed E-state index contributed by atoms with van der Waals surface area (Å²) < 4.78 is 0. The van der Waals surface area contributed by atoms with Crippen molar-refractivity contribution in [2.45, 2.75) is 26.4 Å². The normalized spacial score (nSPS) is 12.5. The Hall–Kier alpha value is -0.660. The predicted octanol–water partition coefficient (Wildman–Crippen LogP) is 1.48. The Morgan fingerprint density at radius 2 is 2.00 bits per heavy atom. The molecule has 0 heterocycles. The van der Waals surface area contributed by atoms with Crippen LogP contribution in [0.3, 0.4) is 0 Å². The van der Waals surface area contributed by atoms with Crippen molar-refractivity contribution < 1.29 is 0 Å². The molecule has 3 nitrogen and oxygen atoms in total. The minimum Gasteiger partial charge on any atom is -0.287 e. The zero-order chi connectivity index (χ0) is 8.69. The highest BCUT2D eigenvalue weighted by Gasteiger charge is 2.03. The lowest BCUT2D eigenvalue weighted by Crippen LogP contribution is -2.24. The van der Waals surface area contributed by atoms with E-state index >= 15 is 0 Å². The van der Waals surface area contributed by atoms with E-state index in [9.17, 15) is 0 Å². The average molecular weight is 155 g/mol. The molecule has 64 valence electrons. The Bertz CT molecular complexity index is 145. The maximum Gasteiger partial charge on any atom is 0.112 e. The third-order valence-electron chi connectivity index (χ3n) is 1.40. The van der Waals surface area contributed by atoms with Crippen LogP contribution < -0.4 is 0 Å². The van der Waals surface area contributed by atoms with Gasteiger partial charge in [0, 0.05) is 6.54 Å². The maximum atomic E-state index is 4.14. The van der Waals surface area contributed by atoms with Gasteiger partial charge in [0.15, 0.2) is 0 Å². The van der Waals surface area contributed by atoms with Gasteiger partial charge in [0.05, 0.1) is 6.01 Å². The van der Waals surface area contributed by atoms with Crippen molar-refractivity contribution in [2.75, 3.05) is 20.6 Å². The summed E-state index contributed by atoms with van der Waals surface area (Å²) in [5, 5.41) is 0. The number of nitrogens with zero attached hydrogens (tertiary/aromatic N) is 3. The predicted molar refractivity (Wildman–Crippen MR) is 48.2 cm³/mol. The molecule has 0 rings (SSSR count). The molecule has 3 heteroatoms. The van der Waals surface area contributed by atoms with Crippen LogP contribution in [0.25, 0.3) is 0 Å². The first-order valence-electron chi connectivity index (χ1n) is 4.00. The lowest BCUT2D eigenvalue weighted by atomic mass is 10.4. The Balaban J connectivity index is 3.96. The fourth-order valence-electron chi connectivity index (χ4n) is 0.750. The van der Waals surface area contributed by atoms with E-state index in [-0.39, 0.29) is 6.17 Å². The topological polar surface area (TPSA) is 28.0 Å². The van der Waals surface area contributed by atoms with Crippen LogP contribution >= 0.6 is 0 Å². The summed E-state index contributed by atoms with van der Waals surface area (Å²) in [4.78, 5) is 10.1. The van der Waals surface area contributed by atoms with Crippen LogP contribution in [0.4, 0.5) is 0 Å². The van der Waals surface area contributed by atoms with Gasteiger partial charge in [-0.15, -0.1) is 0 Å². The second-order valence-corrected chi connectivity index (χ2v) is 2.56. The largest absolute Gasteiger partial charge is 0.287 e. The monoisotopic (exact) mass is 155 g/mol. The Labute approximate surface area is 68.8 Å². The molecule has 0 aliphatic rings. The van der Waals surface area contributed by atoms with Gasteiger partial charge in [-0.2, -0.15) is 0 Å². The van der Waals surface area contributed by atoms with Crippen molar-refractivity contribution in [3.05, 3.63) is 0 Å². The van der Waals surface area contributed by atoms with Crippen LogP contribution in [0, 0.1) is 0 Å². The summed E-state index contributed by atoms with van der Waals surface area (Å²) in [6.45, 7) is 4.83. The third kappa shape index (κ3) is 4.71. The van der Waals surface area contributed by atoms with Gasteiger partial charge in [-0.1, -0.05) is 6.92 Å². The second kappa shape index (κ2) is 6.08. The fraction of sp³-hybridized carbons (Fsp3) is 0.875. The number of aliphatic imine (C=N–C) groups is 2. The molecule has 0 fully saturated rings. The lowest BCUT2D eigenvalue weighted by molar-refractivity contribution is 0.296. The number of rotatable bonds is 4. The van der Waals surface area contributed by atoms with E-state index in [1.807, 2.05) is 21.0 Å². The van der Waals surface area contributed by atoms with Gasteiger partial charge in [-0.25, -0.2) is 9.98 Å². The fourth-order valence-corrected chi connectivity index (χ4v) is 0.750. The molecule has 0 bridgehead atoms. The van der Waals surface area contributed by atoms with Crippen molar-refractivity contribution >= 4 is 6.01 Å². The molecule has 0 aromatic carbocycles. The zero-order valence-corrected chi connectivity index (χ0v) is 7.83. The summed E-state index contributed by atoms with van der Waals surface area (Å²) in [6, 6.07) is 2.68. The molecular formula is C8H17N3. The number of hydrogen-bond donors (Lipinski definition) is 0. The first kappa shape index (κ1) is 10.3. The molecule has 0 saturated carbocycles. The van der Waals surface area contributed by atoms with E-state index in [0.29, 0.717) is 0 Å². The van der Waals surface area contributed by atoms with Gasteiger partial charge in [0.2, 0.25) is 0 Å². The van der Waals surface area contributed by atoms with Crippen molar-refractivity contribution in [2.24, 2.45) is 9.98 Å². The van der Waals surface area contributed by atoms with Crippen LogP contribution in [-0.2, 0) is 0 Å². The van der Waals surface area contributed by atoms with E-state index in [0.717, 1.165) is 13.0 Å². The van der Waals surface area contributed by atoms with Gasteiger partial charge in [0.1, 0.15) is 6.17 Å². The Kier molecular flexibility index (Phi) is 5.71. The molecule has 0 radical (unpaired) electrons. The van der Waals surface area contributed by atoms with E-state index in [1.54, 1.807) is 0 Å². The van der Waals surface area contributed by atoms with E-state index in [1.165, 1.54) is 0 Å². The standard InChI is InChI=1S/C8H17N3/c1-5-8(11(3)4)10-7-9-6-2/h8H,5-6H2,1-4H3. The number of hydrogen-bond acceptors (Lipinski definition) is 3. The molecule has 0 amide bonds. The van der Waals surface area contributed by atoms with Crippen LogP contribution in [0.1, 0.15) is 20.3 Å². The molecule has 0 spiro atoms. The summed E-state index contributed by atoms with van der Waals surface area (Å²) in [6.07, 6.45) is 1.23. The third-order valence-corrected chi connectivity index (χ3v) is 1.40. The summed E-state index contributed by atoms with van der Waals surface area (Å²) in [5.41, 5.74) is 0. The second-order valence-electron chi connectivity index (χ2n) is 2.56. The maximum absolute atomic E-state index is 4.14. The highest BCUT2D eigenvalue weighted by Crippen LogP contribution is 1.97. The molecule has 0 aromatic rings. The van der Waals surface area contributed by atoms with Gasteiger partial charge in [-0.3, -0.25) is 4.90 Å². The molecule has 0 N–H and O–H groups in total. The minimum atomic E-state index is 0.227. The SMILES string of the molecule is CCN=C=NC(CC)N(C)C. The van der Waals surface area contributed by atoms with E-state index in [2.05, 4.69) is 27.8 Å². The lowest BCUT2D eigenvalue weighted by Gasteiger charge is -2.15. The van der Waals surface area contributed by atoms with E-state index in [4.69, 9.17) is 0 Å². The molecule has 0 saturated heterocycles. The molecule has 0 aliphatic heterocycles. The zero-order valence-electron chi connectivity index (χ0n) is 7.83. The van der Waals surface area contributed by atoms with Crippen LogP contribution in [0.15, 0.2) is 9.98 Å². The van der Waals surface area contributed by atoms with Gasteiger partial charge in [0.25, 0.3) is 0 Å². The van der Waals surface area contributed by atoms with Crippen LogP contribution in [0.5, 0.6) is 0 Å². The summed E-state index contributed by atoms with van der Waals surface area (Å²) in [5.74, 6) is 0. The van der Waals surface area contributed by atoms with Crippen LogP contribution in [0.2, 0.25) is 0 Å². The van der Waals surface area contributed by atoms with Gasteiger partial charge >= 0.3 is 0 Å². The Morgan fingerprint density at radius 3 is 2.36 bits per heavy atom. The molecule has 1 atom stereocenters. The molecule has 1 unspecified atom stereocenters. The van der Waals surface area contributed by atoms with Crippen molar-refractivity contribution in [3.63, 3.8) is 0 Å². The average Bonchev–Trinajstić information content (AvgIpc) is 1.97. The minimum absolute atomic E-state index is 0.227. The molecule has 11 heavy (non-hydrogen) atoms. The van der Waals surface area contributed by atoms with Crippen molar-refractivity contribution in [1.29, 1.82) is 0 Å². The van der Waals surface area contributed by atoms with Gasteiger partial charge in [-0.05, 0) is 27.4 Å². The quantitative estimate of drug-likeness (QED) is 0.565. The highest BCUT2D eigenvalue weighted by atomic mass is 15.2. The van der Waals surface area contributed by atoms with Gasteiger partial charge < -0.3 is 0 Å². The first-order valence-corrected chi connectivity index (χ1v) is 4.00. The van der Waals surface area contributed by atoms with Crippen molar-refractivity contribution in [3.8, 4) is 0 Å². The first-order chi connectivity index (χ1) is 5.22. The molecule has 0 aliphatic carbocycles. The van der Waals surface area contributed by atoms with Crippen molar-refractivity contribution in [1.82, 2.24) is 4.90 Å². The van der Waals surface area contributed by atoms with Crippen LogP contribution in [-0.4, -0.2) is 37.7 Å². The summed E-state index contributed by atoms with van der Waals surface area (Å²) in [7, 11) is 4.01. The molecular weight excluding hydrogens is 138 g/mol. The molecule has 0 aromatic heterocycles. The highest BCUT2D eigenvalue weighted by molar-refractivity contribution is 5.41.